The topological polar surface area (TPSA) is 55.6 Å². The van der Waals surface area contributed by atoms with Crippen LogP contribution >= 0.6 is 15.9 Å². The summed E-state index contributed by atoms with van der Waals surface area (Å²) < 4.78 is 2.60. The van der Waals surface area contributed by atoms with Crippen molar-refractivity contribution >= 4 is 15.9 Å². The molecule has 1 N–H and O–H groups in total. The largest absolute Gasteiger partial charge is 0.306 e. The van der Waals surface area contributed by atoms with Crippen LogP contribution in [0, 0.1) is 0 Å². The molecule has 0 spiro atoms. The summed E-state index contributed by atoms with van der Waals surface area (Å²) in [7, 11) is 0. The molecular weight excluding hydrogens is 342 g/mol. The van der Waals surface area contributed by atoms with E-state index < -0.39 is 0 Å². The van der Waals surface area contributed by atoms with Gasteiger partial charge in [-0.2, -0.15) is 5.10 Å². The van der Waals surface area contributed by atoms with Gasteiger partial charge in [-0.25, -0.2) is 14.6 Å². The fraction of sp³-hybridized carbons (Fsp3) is 0.188. The van der Waals surface area contributed by atoms with E-state index in [-0.39, 0.29) is 6.04 Å². The van der Waals surface area contributed by atoms with Crippen molar-refractivity contribution in [2.45, 2.75) is 19.5 Å². The number of halogens is 1. The number of nitrogens with one attached hydrogen (secondary N) is 1. The van der Waals surface area contributed by atoms with Gasteiger partial charge >= 0.3 is 0 Å². The van der Waals surface area contributed by atoms with Crippen LogP contribution < -0.4 is 5.32 Å². The molecule has 5 nitrogen and oxygen atoms in total. The van der Waals surface area contributed by atoms with E-state index in [2.05, 4.69) is 61.4 Å². The van der Waals surface area contributed by atoms with Crippen LogP contribution in [-0.2, 0) is 6.54 Å². The van der Waals surface area contributed by atoms with Crippen LogP contribution in [0.2, 0.25) is 0 Å². The van der Waals surface area contributed by atoms with Crippen LogP contribution in [0.15, 0.2) is 59.9 Å². The second-order valence-corrected chi connectivity index (χ2v) is 5.84. The first-order valence-electron chi connectivity index (χ1n) is 7.01. The Morgan fingerprint density at radius 1 is 1.18 bits per heavy atom. The lowest BCUT2D eigenvalue weighted by atomic mass is 10.1. The van der Waals surface area contributed by atoms with Crippen LogP contribution in [0.5, 0.6) is 0 Å². The molecule has 6 heteroatoms. The highest BCUT2D eigenvalue weighted by Gasteiger charge is 2.06. The second-order valence-electron chi connectivity index (χ2n) is 5.02. The average Bonchev–Trinajstić information content (AvgIpc) is 3.09. The Labute approximate surface area is 137 Å². The molecule has 2 aromatic heterocycles. The van der Waals surface area contributed by atoms with E-state index in [9.17, 15) is 0 Å². The number of pyridine rings is 1. The summed E-state index contributed by atoms with van der Waals surface area (Å²) in [6.07, 6.45) is 5.10. The van der Waals surface area contributed by atoms with Crippen molar-refractivity contribution in [3.8, 4) is 5.69 Å². The second kappa shape index (κ2) is 6.81. The Morgan fingerprint density at radius 2 is 2.00 bits per heavy atom. The molecule has 0 bridgehead atoms. The summed E-state index contributed by atoms with van der Waals surface area (Å²) in [6.45, 7) is 2.93. The monoisotopic (exact) mass is 357 g/mol. The lowest BCUT2D eigenvalue weighted by Gasteiger charge is -2.14. The van der Waals surface area contributed by atoms with Crippen molar-refractivity contribution in [3.05, 3.63) is 71.0 Å². The number of benzene rings is 1. The number of hydrogen-bond donors (Lipinski definition) is 1. The highest BCUT2D eigenvalue weighted by atomic mass is 79.9. The van der Waals surface area contributed by atoms with Crippen molar-refractivity contribution in [1.29, 1.82) is 0 Å². The van der Waals surface area contributed by atoms with E-state index in [0.29, 0.717) is 0 Å². The third kappa shape index (κ3) is 3.58. The van der Waals surface area contributed by atoms with Gasteiger partial charge < -0.3 is 5.32 Å². The normalized spacial score (nSPS) is 12.3. The molecule has 2 heterocycles. The molecule has 22 heavy (non-hydrogen) atoms. The first-order valence-corrected chi connectivity index (χ1v) is 7.80. The fourth-order valence-corrected chi connectivity index (χ4v) is 2.39. The van der Waals surface area contributed by atoms with Crippen LogP contribution in [-0.4, -0.2) is 19.7 Å². The minimum Gasteiger partial charge on any atom is -0.306 e. The Bertz CT molecular complexity index is 707. The maximum atomic E-state index is 4.23. The minimum atomic E-state index is 0.258. The summed E-state index contributed by atoms with van der Waals surface area (Å²) in [5.41, 5.74) is 3.40. The average molecular weight is 358 g/mol. The lowest BCUT2D eigenvalue weighted by Crippen LogP contribution is -2.18. The predicted octanol–water partition coefficient (Wildman–Crippen LogP) is 3.28. The van der Waals surface area contributed by atoms with Gasteiger partial charge in [-0.3, -0.25) is 0 Å². The van der Waals surface area contributed by atoms with Gasteiger partial charge in [0.15, 0.2) is 0 Å². The number of hydrogen-bond acceptors (Lipinski definition) is 4. The van der Waals surface area contributed by atoms with Gasteiger partial charge in [0.1, 0.15) is 17.3 Å². The van der Waals surface area contributed by atoms with E-state index in [1.807, 2.05) is 24.4 Å². The van der Waals surface area contributed by atoms with Gasteiger partial charge in [-0.1, -0.05) is 18.2 Å². The van der Waals surface area contributed by atoms with Crippen LogP contribution in [0.4, 0.5) is 0 Å². The van der Waals surface area contributed by atoms with Gasteiger partial charge in [0, 0.05) is 18.8 Å². The highest BCUT2D eigenvalue weighted by Crippen LogP contribution is 2.16. The van der Waals surface area contributed by atoms with Crippen molar-refractivity contribution in [1.82, 2.24) is 25.1 Å². The molecule has 0 saturated carbocycles. The highest BCUT2D eigenvalue weighted by molar-refractivity contribution is 9.10. The Balaban J connectivity index is 1.62. The smallest absolute Gasteiger partial charge is 0.138 e. The maximum absolute atomic E-state index is 4.23. The molecule has 112 valence electrons. The fourth-order valence-electron chi connectivity index (χ4n) is 2.16. The molecule has 0 aliphatic rings. The van der Waals surface area contributed by atoms with E-state index in [0.717, 1.165) is 22.4 Å². The molecule has 3 aromatic rings. The third-order valence-electron chi connectivity index (χ3n) is 3.48. The Morgan fingerprint density at radius 3 is 2.64 bits per heavy atom. The molecule has 0 aliphatic carbocycles. The third-order valence-corrected chi connectivity index (χ3v) is 3.95. The quantitative estimate of drug-likeness (QED) is 0.712. The predicted molar refractivity (Wildman–Crippen MR) is 88.6 cm³/mol. The van der Waals surface area contributed by atoms with E-state index >= 15 is 0 Å². The van der Waals surface area contributed by atoms with Gasteiger partial charge in [0.2, 0.25) is 0 Å². The van der Waals surface area contributed by atoms with Gasteiger partial charge in [-0.05, 0) is 52.2 Å². The van der Waals surface area contributed by atoms with Crippen molar-refractivity contribution in [2.75, 3.05) is 0 Å². The number of nitrogens with zero attached hydrogens (tertiary/aromatic N) is 4. The molecule has 0 fully saturated rings. The van der Waals surface area contributed by atoms with Crippen molar-refractivity contribution in [3.63, 3.8) is 0 Å². The molecule has 3 rings (SSSR count). The molecule has 1 unspecified atom stereocenters. The zero-order chi connectivity index (χ0) is 15.4. The molecular formula is C16H16BrN5. The van der Waals surface area contributed by atoms with Crippen molar-refractivity contribution < 1.29 is 0 Å². The first kappa shape index (κ1) is 14.9. The number of aromatic nitrogens is 4. The summed E-state index contributed by atoms with van der Waals surface area (Å²) in [6, 6.07) is 12.6. The maximum Gasteiger partial charge on any atom is 0.138 e. The summed E-state index contributed by atoms with van der Waals surface area (Å²) in [5, 5.41) is 7.62. The molecule has 1 atom stereocenters. The standard InChI is InChI=1S/C16H16BrN5/c1-12(19-8-13-2-7-16(17)20-9-13)14-3-5-15(6-4-14)22-11-18-10-21-22/h2-7,9-12,19H,8H2,1H3. The zero-order valence-electron chi connectivity index (χ0n) is 12.1. The first-order chi connectivity index (χ1) is 10.7. The van der Waals surface area contributed by atoms with Gasteiger partial charge in [0.05, 0.1) is 5.69 Å². The molecule has 0 aliphatic heterocycles. The lowest BCUT2D eigenvalue weighted by molar-refractivity contribution is 0.573. The Hall–Kier alpha value is -2.05. The molecule has 0 saturated heterocycles. The van der Waals surface area contributed by atoms with Gasteiger partial charge in [-0.15, -0.1) is 0 Å². The molecule has 1 aromatic carbocycles. The molecule has 0 radical (unpaired) electrons. The molecule has 0 amide bonds. The SMILES string of the molecule is CC(NCc1ccc(Br)nc1)c1ccc(-n2cncn2)cc1. The van der Waals surface area contributed by atoms with Crippen LogP contribution in [0.1, 0.15) is 24.1 Å². The summed E-state index contributed by atoms with van der Waals surface area (Å²) in [4.78, 5) is 8.19. The number of rotatable bonds is 5. The minimum absolute atomic E-state index is 0.258. The van der Waals surface area contributed by atoms with Gasteiger partial charge in [0.25, 0.3) is 0 Å². The van der Waals surface area contributed by atoms with Crippen LogP contribution in [0.3, 0.4) is 0 Å². The van der Waals surface area contributed by atoms with E-state index in [4.69, 9.17) is 0 Å². The van der Waals surface area contributed by atoms with Crippen LogP contribution in [0.25, 0.3) is 5.69 Å². The summed E-state index contributed by atoms with van der Waals surface area (Å²) >= 11 is 3.34. The van der Waals surface area contributed by atoms with E-state index in [1.54, 1.807) is 11.0 Å². The van der Waals surface area contributed by atoms with Crippen molar-refractivity contribution in [2.24, 2.45) is 0 Å². The Kier molecular flexibility index (Phi) is 4.60. The summed E-state index contributed by atoms with van der Waals surface area (Å²) in [5.74, 6) is 0. The van der Waals surface area contributed by atoms with E-state index in [1.165, 1.54) is 11.9 Å². The zero-order valence-corrected chi connectivity index (χ0v) is 13.7.